The first-order valence-corrected chi connectivity index (χ1v) is 3.46. The molecule has 0 bridgehead atoms. The maximum Gasteiger partial charge on any atom is 0.346 e. The molecule has 1 N–H and O–H groups in total. The summed E-state index contributed by atoms with van der Waals surface area (Å²) in [6.07, 6.45) is 0. The summed E-state index contributed by atoms with van der Waals surface area (Å²) in [5, 5.41) is 6.83. The van der Waals surface area contributed by atoms with Crippen molar-refractivity contribution in [1.82, 2.24) is 5.32 Å². The molecule has 4 heteroatoms. The molecular weight excluding hydrogens is 164 g/mol. The van der Waals surface area contributed by atoms with Gasteiger partial charge in [0.25, 0.3) is 0 Å². The van der Waals surface area contributed by atoms with Gasteiger partial charge in [-0.25, -0.2) is 4.79 Å². The van der Waals surface area contributed by atoms with E-state index in [0.29, 0.717) is 10.7 Å². The van der Waals surface area contributed by atoms with Gasteiger partial charge in [-0.1, -0.05) is 11.6 Å². The highest BCUT2D eigenvalue weighted by molar-refractivity contribution is 6.31. The van der Waals surface area contributed by atoms with E-state index in [-0.39, 0.29) is 6.03 Å². The summed E-state index contributed by atoms with van der Waals surface area (Å²) in [4.78, 5) is 10.7. The molecule has 1 radical (unpaired) electrons. The van der Waals surface area contributed by atoms with E-state index in [4.69, 9.17) is 11.6 Å². The molecule has 1 aliphatic rings. The zero-order valence-corrected chi connectivity index (χ0v) is 6.22. The molecule has 2 rings (SSSR count). The van der Waals surface area contributed by atoms with Crippen molar-refractivity contribution in [2.75, 3.05) is 5.32 Å². The zero-order valence-electron chi connectivity index (χ0n) is 5.47. The number of halogens is 1. The van der Waals surface area contributed by atoms with Gasteiger partial charge in [0.15, 0.2) is 0 Å². The number of urea groups is 1. The van der Waals surface area contributed by atoms with E-state index in [2.05, 4.69) is 10.6 Å². The predicted octanol–water partition coefficient (Wildman–Crippen LogP) is 2.12. The monoisotopic (exact) mass is 167 g/mol. The second-order valence-corrected chi connectivity index (χ2v) is 2.64. The third-order valence-electron chi connectivity index (χ3n) is 1.42. The van der Waals surface area contributed by atoms with E-state index >= 15 is 0 Å². The lowest BCUT2D eigenvalue weighted by atomic mass is 10.3. The van der Waals surface area contributed by atoms with Crippen LogP contribution in [0.2, 0.25) is 5.02 Å². The molecule has 1 aliphatic heterocycles. The van der Waals surface area contributed by atoms with E-state index in [1.807, 2.05) is 0 Å². The average molecular weight is 168 g/mol. The van der Waals surface area contributed by atoms with Gasteiger partial charge in [-0.05, 0) is 18.2 Å². The van der Waals surface area contributed by atoms with Gasteiger partial charge >= 0.3 is 6.03 Å². The smallest absolute Gasteiger partial charge is 0.304 e. The minimum Gasteiger partial charge on any atom is -0.304 e. The van der Waals surface area contributed by atoms with Crippen LogP contribution in [0.3, 0.4) is 0 Å². The number of amides is 2. The average Bonchev–Trinajstić information content (AvgIpc) is 2.27. The molecule has 0 fully saturated rings. The van der Waals surface area contributed by atoms with Crippen molar-refractivity contribution < 1.29 is 4.79 Å². The van der Waals surface area contributed by atoms with Crippen LogP contribution in [0.25, 0.3) is 0 Å². The van der Waals surface area contributed by atoms with Gasteiger partial charge in [0.2, 0.25) is 0 Å². The Balaban J connectivity index is 2.51. The van der Waals surface area contributed by atoms with E-state index in [1.54, 1.807) is 18.2 Å². The topological polar surface area (TPSA) is 43.2 Å². The zero-order chi connectivity index (χ0) is 7.84. The lowest BCUT2D eigenvalue weighted by molar-refractivity contribution is 0.256. The van der Waals surface area contributed by atoms with Gasteiger partial charge in [0.1, 0.15) is 0 Å². The van der Waals surface area contributed by atoms with Crippen molar-refractivity contribution >= 4 is 29.0 Å². The number of anilines is 1. The fraction of sp³-hybridized carbons (Fsp3) is 0. The molecule has 0 unspecified atom stereocenters. The summed E-state index contributed by atoms with van der Waals surface area (Å²) in [5.41, 5.74) is 1.34. The van der Waals surface area contributed by atoms with Gasteiger partial charge in [0, 0.05) is 5.02 Å². The van der Waals surface area contributed by atoms with Crippen LogP contribution in [0, 0.1) is 0 Å². The Morgan fingerprint density at radius 2 is 2.27 bits per heavy atom. The molecule has 1 heterocycles. The van der Waals surface area contributed by atoms with E-state index in [0.717, 1.165) is 5.69 Å². The van der Waals surface area contributed by atoms with E-state index < -0.39 is 0 Å². The van der Waals surface area contributed by atoms with Gasteiger partial charge in [-0.3, -0.25) is 0 Å². The minimum absolute atomic E-state index is 0.331. The highest BCUT2D eigenvalue weighted by Crippen LogP contribution is 2.29. The molecule has 0 spiro atoms. The summed E-state index contributed by atoms with van der Waals surface area (Å²) in [5.74, 6) is 0. The molecule has 0 saturated heterocycles. The number of rotatable bonds is 0. The maximum absolute atomic E-state index is 10.7. The van der Waals surface area contributed by atoms with E-state index in [1.165, 1.54) is 0 Å². The quantitative estimate of drug-likeness (QED) is 0.632. The Kier molecular flexibility index (Phi) is 1.26. The first-order valence-electron chi connectivity index (χ1n) is 3.08. The number of hydrogen-bond acceptors (Lipinski definition) is 1. The van der Waals surface area contributed by atoms with Gasteiger partial charge < -0.3 is 5.32 Å². The summed E-state index contributed by atoms with van der Waals surface area (Å²) in [6, 6.07) is 4.75. The van der Waals surface area contributed by atoms with Crippen molar-refractivity contribution in [3.63, 3.8) is 0 Å². The Hall–Kier alpha value is -1.22. The Labute approximate surface area is 68.4 Å². The number of carbonyl (C=O) groups excluding carboxylic acids is 1. The standard InChI is InChI=1S/C7H4ClN2O/c8-4-1-2-5-6(3-4)10-7(11)9-5/h1-3H,(H,9,11). The number of fused-ring (bicyclic) bond motifs is 1. The molecule has 3 nitrogen and oxygen atoms in total. The second kappa shape index (κ2) is 2.13. The van der Waals surface area contributed by atoms with Crippen LogP contribution in [0.4, 0.5) is 16.2 Å². The Morgan fingerprint density at radius 3 is 3.09 bits per heavy atom. The van der Waals surface area contributed by atoms with Crippen LogP contribution in [-0.2, 0) is 0 Å². The number of benzene rings is 1. The molecule has 11 heavy (non-hydrogen) atoms. The van der Waals surface area contributed by atoms with Gasteiger partial charge in [0.05, 0.1) is 11.4 Å². The molecule has 2 amide bonds. The fourth-order valence-electron chi connectivity index (χ4n) is 0.956. The molecule has 0 aliphatic carbocycles. The summed E-state index contributed by atoms with van der Waals surface area (Å²) in [6.45, 7) is 0. The lowest BCUT2D eigenvalue weighted by Gasteiger charge is -1.93. The maximum atomic E-state index is 10.7. The van der Waals surface area contributed by atoms with Crippen LogP contribution in [-0.4, -0.2) is 6.03 Å². The molecule has 55 valence electrons. The van der Waals surface area contributed by atoms with E-state index in [9.17, 15) is 4.79 Å². The summed E-state index contributed by atoms with van der Waals surface area (Å²) in [7, 11) is 0. The molecular formula is C7H4ClN2O. The Bertz CT molecular complexity index is 324. The summed E-state index contributed by atoms with van der Waals surface area (Å²) < 4.78 is 0. The van der Waals surface area contributed by atoms with Crippen LogP contribution >= 0.6 is 11.6 Å². The normalized spacial score (nSPS) is 13.7. The van der Waals surface area contributed by atoms with Gasteiger partial charge in [-0.2, -0.15) is 5.32 Å². The van der Waals surface area contributed by atoms with Crippen molar-refractivity contribution in [1.29, 1.82) is 0 Å². The predicted molar refractivity (Wildman–Crippen MR) is 42.3 cm³/mol. The molecule has 0 atom stereocenters. The molecule has 0 aromatic heterocycles. The van der Waals surface area contributed by atoms with Crippen LogP contribution in [0.1, 0.15) is 0 Å². The fourth-order valence-corrected chi connectivity index (χ4v) is 1.12. The van der Waals surface area contributed by atoms with Gasteiger partial charge in [-0.15, -0.1) is 0 Å². The number of nitrogens with one attached hydrogen (secondary N) is 1. The van der Waals surface area contributed by atoms with Crippen molar-refractivity contribution in [3.05, 3.63) is 23.2 Å². The Morgan fingerprint density at radius 1 is 1.45 bits per heavy atom. The molecule has 1 aromatic rings. The van der Waals surface area contributed by atoms with Crippen molar-refractivity contribution in [2.45, 2.75) is 0 Å². The number of hydrogen-bond donors (Lipinski definition) is 1. The molecule has 0 saturated carbocycles. The first kappa shape index (κ1) is 6.49. The number of carbonyl (C=O) groups is 1. The first-order chi connectivity index (χ1) is 5.25. The van der Waals surface area contributed by atoms with Crippen LogP contribution < -0.4 is 10.6 Å². The summed E-state index contributed by atoms with van der Waals surface area (Å²) >= 11 is 5.67. The third-order valence-corrected chi connectivity index (χ3v) is 1.66. The van der Waals surface area contributed by atoms with Crippen molar-refractivity contribution in [2.24, 2.45) is 0 Å². The number of nitrogens with zero attached hydrogens (tertiary/aromatic N) is 1. The molecule has 1 aromatic carbocycles. The van der Waals surface area contributed by atoms with Crippen LogP contribution in [0.15, 0.2) is 18.2 Å². The second-order valence-electron chi connectivity index (χ2n) is 2.20. The minimum atomic E-state index is -0.331. The highest BCUT2D eigenvalue weighted by Gasteiger charge is 2.17. The third kappa shape index (κ3) is 1.03. The van der Waals surface area contributed by atoms with Crippen LogP contribution in [0.5, 0.6) is 0 Å². The largest absolute Gasteiger partial charge is 0.346 e. The highest BCUT2D eigenvalue weighted by atomic mass is 35.5. The lowest BCUT2D eigenvalue weighted by Crippen LogP contribution is -2.08. The SMILES string of the molecule is O=C1[N]c2cc(Cl)ccc2N1. The van der Waals surface area contributed by atoms with Crippen molar-refractivity contribution in [3.8, 4) is 0 Å².